The van der Waals surface area contributed by atoms with Gasteiger partial charge < -0.3 is 0 Å². The molecule has 0 aliphatic rings. The van der Waals surface area contributed by atoms with Crippen LogP contribution >= 0.6 is 0 Å². The van der Waals surface area contributed by atoms with Crippen molar-refractivity contribution in [2.45, 2.75) is 6.92 Å². The van der Waals surface area contributed by atoms with Crippen molar-refractivity contribution >= 4 is 6.03 Å². The fourth-order valence-corrected chi connectivity index (χ4v) is 0.497. The molecule has 0 aromatic rings. The fraction of sp³-hybridized carbons (Fsp3) is 0.750. The van der Waals surface area contributed by atoms with E-state index >= 15 is 0 Å². The lowest BCUT2D eigenvalue weighted by Crippen LogP contribution is -2.46. The van der Waals surface area contributed by atoms with Crippen LogP contribution in [0.5, 0.6) is 0 Å². The number of nitrogens with zero attached hydrogens (tertiary/aromatic N) is 2. The monoisotopic (exact) mass is 149 g/mol. The molecule has 0 heterocycles. The molecule has 0 radical (unpaired) electrons. The molecule has 2 amide bonds. The summed E-state index contributed by atoms with van der Waals surface area (Å²) >= 11 is 0. The van der Waals surface area contributed by atoms with Crippen LogP contribution in [-0.2, 0) is 0 Å². The van der Waals surface area contributed by atoms with Crippen molar-refractivity contribution in [1.82, 2.24) is 15.7 Å². The first-order chi connectivity index (χ1) is 4.63. The molecule has 0 fully saturated rings. The second-order valence-corrected chi connectivity index (χ2v) is 1.54. The van der Waals surface area contributed by atoms with Crippen LogP contribution in [-0.4, -0.2) is 40.3 Å². The molecule has 0 saturated heterocycles. The number of urea groups is 1. The van der Waals surface area contributed by atoms with Gasteiger partial charge >= 0.3 is 6.03 Å². The molecule has 6 nitrogen and oxygen atoms in total. The molecule has 0 saturated carbocycles. The van der Waals surface area contributed by atoms with Crippen LogP contribution in [0.15, 0.2) is 0 Å². The van der Waals surface area contributed by atoms with E-state index in [9.17, 15) is 4.79 Å². The topological polar surface area (TPSA) is 76.0 Å². The van der Waals surface area contributed by atoms with E-state index in [0.717, 1.165) is 5.01 Å². The standard InChI is InChI=1S/C4H11N3O3/c1-3-6(5-2)4(8)7(9)10/h5,9-10H,3H2,1-2H3. The highest BCUT2D eigenvalue weighted by molar-refractivity contribution is 5.71. The lowest BCUT2D eigenvalue weighted by atomic mass is 10.7. The van der Waals surface area contributed by atoms with Crippen LogP contribution in [0.25, 0.3) is 0 Å². The summed E-state index contributed by atoms with van der Waals surface area (Å²) in [7, 11) is 1.50. The van der Waals surface area contributed by atoms with Crippen molar-refractivity contribution < 1.29 is 15.2 Å². The van der Waals surface area contributed by atoms with E-state index in [0.29, 0.717) is 6.54 Å². The third-order valence-electron chi connectivity index (χ3n) is 0.988. The Balaban J connectivity index is 3.89. The molecule has 0 atom stereocenters. The first-order valence-corrected chi connectivity index (χ1v) is 2.80. The average molecular weight is 149 g/mol. The Labute approximate surface area is 58.5 Å². The minimum absolute atomic E-state index is 0.354. The predicted molar refractivity (Wildman–Crippen MR) is 32.2 cm³/mol. The Morgan fingerprint density at radius 1 is 1.60 bits per heavy atom. The van der Waals surface area contributed by atoms with E-state index in [1.165, 1.54) is 7.05 Å². The zero-order valence-corrected chi connectivity index (χ0v) is 5.90. The van der Waals surface area contributed by atoms with E-state index in [-0.39, 0.29) is 0 Å². The number of nitrogens with one attached hydrogen (secondary N) is 1. The zero-order chi connectivity index (χ0) is 8.15. The Bertz CT molecular complexity index is 112. The molecule has 0 aliphatic heterocycles. The van der Waals surface area contributed by atoms with Crippen LogP contribution in [0.4, 0.5) is 4.79 Å². The second kappa shape index (κ2) is 4.04. The zero-order valence-electron chi connectivity index (χ0n) is 5.90. The van der Waals surface area contributed by atoms with Crippen LogP contribution < -0.4 is 5.43 Å². The van der Waals surface area contributed by atoms with E-state index in [4.69, 9.17) is 10.4 Å². The molecule has 0 aromatic carbocycles. The molecular weight excluding hydrogens is 138 g/mol. The molecule has 0 unspecified atom stereocenters. The van der Waals surface area contributed by atoms with E-state index < -0.39 is 11.3 Å². The average Bonchev–Trinajstić information content (AvgIpc) is 1.90. The number of rotatable bonds is 2. The highest BCUT2D eigenvalue weighted by atomic mass is 16.8. The lowest BCUT2D eigenvalue weighted by molar-refractivity contribution is -0.265. The SMILES string of the molecule is CCN(NC)C(=O)N(O)O. The van der Waals surface area contributed by atoms with Gasteiger partial charge in [0.05, 0.1) is 0 Å². The van der Waals surface area contributed by atoms with Crippen molar-refractivity contribution in [2.24, 2.45) is 0 Å². The van der Waals surface area contributed by atoms with Crippen LogP contribution in [0.2, 0.25) is 0 Å². The highest BCUT2D eigenvalue weighted by Gasteiger charge is 2.13. The minimum atomic E-state index is -0.912. The summed E-state index contributed by atoms with van der Waals surface area (Å²) in [5.41, 5.74) is 2.45. The van der Waals surface area contributed by atoms with Gasteiger partial charge in [-0.2, -0.15) is 0 Å². The second-order valence-electron chi connectivity index (χ2n) is 1.54. The summed E-state index contributed by atoms with van der Waals surface area (Å²) in [6.07, 6.45) is 0. The number of hydrogen-bond donors (Lipinski definition) is 3. The summed E-state index contributed by atoms with van der Waals surface area (Å²) in [5.74, 6) is 0. The van der Waals surface area contributed by atoms with Crippen molar-refractivity contribution in [1.29, 1.82) is 0 Å². The Morgan fingerprint density at radius 3 is 2.20 bits per heavy atom. The number of carbonyl (C=O) groups excluding carboxylic acids is 1. The van der Waals surface area contributed by atoms with Gasteiger partial charge in [0.15, 0.2) is 0 Å². The number of carbonyl (C=O) groups is 1. The molecule has 0 spiro atoms. The van der Waals surface area contributed by atoms with E-state index in [1.54, 1.807) is 6.92 Å². The van der Waals surface area contributed by atoms with Gasteiger partial charge in [-0.1, -0.05) is 5.23 Å². The summed E-state index contributed by atoms with van der Waals surface area (Å²) in [4.78, 5) is 10.6. The van der Waals surface area contributed by atoms with Crippen molar-refractivity contribution in [2.75, 3.05) is 13.6 Å². The Morgan fingerprint density at radius 2 is 2.10 bits per heavy atom. The number of hydrogen-bond acceptors (Lipinski definition) is 4. The molecule has 3 N–H and O–H groups in total. The van der Waals surface area contributed by atoms with Gasteiger partial charge in [0, 0.05) is 13.6 Å². The molecular formula is C4H11N3O3. The highest BCUT2D eigenvalue weighted by Crippen LogP contribution is 1.87. The maximum atomic E-state index is 10.6. The molecule has 10 heavy (non-hydrogen) atoms. The quantitative estimate of drug-likeness (QED) is 0.370. The van der Waals surface area contributed by atoms with Gasteiger partial charge in [-0.3, -0.25) is 15.4 Å². The first kappa shape index (κ1) is 9.15. The number of hydroxylamine groups is 2. The van der Waals surface area contributed by atoms with E-state index in [2.05, 4.69) is 5.43 Å². The van der Waals surface area contributed by atoms with Crippen LogP contribution in [0, 0.1) is 0 Å². The maximum Gasteiger partial charge on any atom is 0.383 e. The van der Waals surface area contributed by atoms with Gasteiger partial charge in [0.2, 0.25) is 0 Å². The van der Waals surface area contributed by atoms with E-state index in [1.807, 2.05) is 0 Å². The van der Waals surface area contributed by atoms with Gasteiger partial charge in [-0.15, -0.1) is 0 Å². The maximum absolute atomic E-state index is 10.6. The third-order valence-corrected chi connectivity index (χ3v) is 0.988. The number of hydrazine groups is 1. The van der Waals surface area contributed by atoms with Gasteiger partial charge in [0.1, 0.15) is 0 Å². The fourth-order valence-electron chi connectivity index (χ4n) is 0.497. The third kappa shape index (κ3) is 2.18. The summed E-state index contributed by atoms with van der Waals surface area (Å²) in [6.45, 7) is 2.05. The van der Waals surface area contributed by atoms with Crippen LogP contribution in [0.1, 0.15) is 6.92 Å². The van der Waals surface area contributed by atoms with Crippen molar-refractivity contribution in [3.8, 4) is 0 Å². The lowest BCUT2D eigenvalue weighted by Gasteiger charge is -2.19. The van der Waals surface area contributed by atoms with Crippen molar-refractivity contribution in [3.63, 3.8) is 0 Å². The molecule has 60 valence electrons. The minimum Gasteiger partial charge on any atom is -0.260 e. The Hall–Kier alpha value is -0.850. The molecule has 6 heteroatoms. The Kier molecular flexibility index (Phi) is 3.70. The van der Waals surface area contributed by atoms with Gasteiger partial charge in [0.25, 0.3) is 0 Å². The predicted octanol–water partition coefficient (Wildman–Crippen LogP) is -0.357. The molecule has 0 bridgehead atoms. The smallest absolute Gasteiger partial charge is 0.260 e. The summed E-state index contributed by atoms with van der Waals surface area (Å²) < 4.78 is 0. The van der Waals surface area contributed by atoms with Gasteiger partial charge in [-0.25, -0.2) is 10.2 Å². The first-order valence-electron chi connectivity index (χ1n) is 2.80. The summed E-state index contributed by atoms with van der Waals surface area (Å²) in [6, 6.07) is -0.912. The normalized spacial score (nSPS) is 9.20. The summed E-state index contributed by atoms with van der Waals surface area (Å²) in [5, 5.41) is 17.0. The molecule has 0 rings (SSSR count). The number of amides is 2. The van der Waals surface area contributed by atoms with Gasteiger partial charge in [-0.05, 0) is 6.92 Å². The van der Waals surface area contributed by atoms with Crippen molar-refractivity contribution in [3.05, 3.63) is 0 Å². The largest absolute Gasteiger partial charge is 0.383 e. The van der Waals surface area contributed by atoms with Crippen LogP contribution in [0.3, 0.4) is 0 Å². The molecule has 0 aliphatic carbocycles. The molecule has 0 aromatic heterocycles.